The van der Waals surface area contributed by atoms with Gasteiger partial charge >= 0.3 is 5.97 Å². The molecular weight excluding hydrogens is 266 g/mol. The highest BCUT2D eigenvalue weighted by atomic mass is 16.4. The first-order valence-electron chi connectivity index (χ1n) is 7.01. The van der Waals surface area contributed by atoms with E-state index >= 15 is 0 Å². The highest BCUT2D eigenvalue weighted by Crippen LogP contribution is 2.21. The highest BCUT2D eigenvalue weighted by molar-refractivity contribution is 6.02. The maximum absolute atomic E-state index is 11.4. The Kier molecular flexibility index (Phi) is 3.48. The molecule has 108 valence electrons. The number of hydrogen-bond donors (Lipinski definition) is 1. The van der Waals surface area contributed by atoms with Crippen LogP contribution >= 0.6 is 0 Å². The molecule has 0 bridgehead atoms. The van der Waals surface area contributed by atoms with Crippen molar-refractivity contribution >= 4 is 16.9 Å². The number of carboxylic acids is 1. The monoisotopic (exact) mass is 283 g/mol. The fourth-order valence-corrected chi connectivity index (χ4v) is 2.66. The Labute approximate surface area is 122 Å². The third kappa shape index (κ3) is 2.42. The second-order valence-electron chi connectivity index (χ2n) is 5.07. The number of para-hydroxylation sites is 1. The first-order chi connectivity index (χ1) is 10.2. The summed E-state index contributed by atoms with van der Waals surface area (Å²) in [5.41, 5.74) is 2.17. The maximum atomic E-state index is 11.4. The van der Waals surface area contributed by atoms with Crippen molar-refractivity contribution in [2.24, 2.45) is 0 Å². The number of hydrogen-bond acceptors (Lipinski definition) is 2. The number of carboxylic acid groups (broad SMARTS) is 1. The van der Waals surface area contributed by atoms with E-state index in [1.165, 1.54) is 0 Å². The molecule has 3 rings (SSSR count). The van der Waals surface area contributed by atoms with Crippen molar-refractivity contribution < 1.29 is 9.90 Å². The van der Waals surface area contributed by atoms with E-state index in [2.05, 4.69) is 16.5 Å². The fourth-order valence-electron chi connectivity index (χ4n) is 2.66. The van der Waals surface area contributed by atoms with Gasteiger partial charge in [0.2, 0.25) is 0 Å². The van der Waals surface area contributed by atoms with Gasteiger partial charge in [-0.1, -0.05) is 19.1 Å². The SMILES string of the molecule is CCCn1cncc1Cn1ccc2cccc(C(=O)O)c21. The Morgan fingerprint density at radius 3 is 2.90 bits per heavy atom. The number of aryl methyl sites for hydroxylation is 1. The van der Waals surface area contributed by atoms with E-state index in [1.807, 2.05) is 35.4 Å². The number of fused-ring (bicyclic) bond motifs is 1. The lowest BCUT2D eigenvalue weighted by atomic mass is 10.1. The minimum atomic E-state index is -0.900. The average Bonchev–Trinajstić information content (AvgIpc) is 3.07. The molecule has 2 aromatic heterocycles. The number of imidazole rings is 1. The Hall–Kier alpha value is -2.56. The van der Waals surface area contributed by atoms with Gasteiger partial charge in [0.25, 0.3) is 0 Å². The number of rotatable bonds is 5. The van der Waals surface area contributed by atoms with Crippen molar-refractivity contribution in [3.8, 4) is 0 Å². The van der Waals surface area contributed by atoms with Crippen molar-refractivity contribution in [1.82, 2.24) is 14.1 Å². The molecule has 0 radical (unpaired) electrons. The second kappa shape index (κ2) is 5.44. The quantitative estimate of drug-likeness (QED) is 0.783. The van der Waals surface area contributed by atoms with Gasteiger partial charge in [-0.15, -0.1) is 0 Å². The van der Waals surface area contributed by atoms with Gasteiger partial charge in [-0.25, -0.2) is 9.78 Å². The van der Waals surface area contributed by atoms with E-state index in [-0.39, 0.29) is 0 Å². The molecular formula is C16H17N3O2. The molecule has 1 N–H and O–H groups in total. The lowest BCUT2D eigenvalue weighted by Gasteiger charge is -2.10. The van der Waals surface area contributed by atoms with Crippen LogP contribution in [-0.4, -0.2) is 25.2 Å². The van der Waals surface area contributed by atoms with Crippen LogP contribution in [0.3, 0.4) is 0 Å². The van der Waals surface area contributed by atoms with E-state index in [0.717, 1.165) is 29.6 Å². The first kappa shape index (κ1) is 13.4. The molecule has 5 nitrogen and oxygen atoms in total. The average molecular weight is 283 g/mol. The summed E-state index contributed by atoms with van der Waals surface area (Å²) in [5, 5.41) is 10.3. The molecule has 0 fully saturated rings. The van der Waals surface area contributed by atoms with Gasteiger partial charge < -0.3 is 14.2 Å². The predicted molar refractivity (Wildman–Crippen MR) is 80.5 cm³/mol. The number of carbonyl (C=O) groups is 1. The smallest absolute Gasteiger partial charge is 0.337 e. The summed E-state index contributed by atoms with van der Waals surface area (Å²) in [5.74, 6) is -0.900. The van der Waals surface area contributed by atoms with Gasteiger partial charge in [-0.05, 0) is 18.6 Å². The Morgan fingerprint density at radius 1 is 1.29 bits per heavy atom. The Balaban J connectivity index is 2.05. The summed E-state index contributed by atoms with van der Waals surface area (Å²) >= 11 is 0. The standard InChI is InChI=1S/C16H17N3O2/c1-2-7-19-11-17-9-13(19)10-18-8-6-12-4-3-5-14(15(12)18)16(20)21/h3-6,8-9,11H,2,7,10H2,1H3,(H,20,21). The third-order valence-corrected chi connectivity index (χ3v) is 3.61. The molecule has 0 atom stereocenters. The lowest BCUT2D eigenvalue weighted by Crippen LogP contribution is -2.08. The van der Waals surface area contributed by atoms with Crippen LogP contribution in [0.5, 0.6) is 0 Å². The Bertz CT molecular complexity index is 786. The minimum absolute atomic E-state index is 0.332. The number of aromatic carboxylic acids is 1. The number of aromatic nitrogens is 3. The predicted octanol–water partition coefficient (Wildman–Crippen LogP) is 2.99. The van der Waals surface area contributed by atoms with E-state index in [0.29, 0.717) is 12.1 Å². The fraction of sp³-hybridized carbons (Fsp3) is 0.250. The number of benzene rings is 1. The van der Waals surface area contributed by atoms with Crippen LogP contribution < -0.4 is 0 Å². The van der Waals surface area contributed by atoms with E-state index in [1.54, 1.807) is 12.1 Å². The molecule has 5 heteroatoms. The second-order valence-corrected chi connectivity index (χ2v) is 5.07. The van der Waals surface area contributed by atoms with Crippen molar-refractivity contribution in [1.29, 1.82) is 0 Å². The molecule has 0 saturated carbocycles. The summed E-state index contributed by atoms with van der Waals surface area (Å²) in [4.78, 5) is 15.6. The lowest BCUT2D eigenvalue weighted by molar-refractivity contribution is 0.0698. The first-order valence-corrected chi connectivity index (χ1v) is 7.01. The van der Waals surface area contributed by atoms with Crippen LogP contribution in [0.2, 0.25) is 0 Å². The van der Waals surface area contributed by atoms with Gasteiger partial charge in [-0.3, -0.25) is 0 Å². The van der Waals surface area contributed by atoms with Crippen LogP contribution in [0.25, 0.3) is 10.9 Å². The molecule has 0 saturated heterocycles. The highest BCUT2D eigenvalue weighted by Gasteiger charge is 2.13. The van der Waals surface area contributed by atoms with E-state index < -0.39 is 5.97 Å². The molecule has 2 heterocycles. The largest absolute Gasteiger partial charge is 0.478 e. The third-order valence-electron chi connectivity index (χ3n) is 3.61. The molecule has 0 spiro atoms. The zero-order valence-electron chi connectivity index (χ0n) is 11.9. The zero-order valence-corrected chi connectivity index (χ0v) is 11.9. The maximum Gasteiger partial charge on any atom is 0.337 e. The normalized spacial score (nSPS) is 11.1. The number of nitrogens with zero attached hydrogens (tertiary/aromatic N) is 3. The van der Waals surface area contributed by atoms with E-state index in [9.17, 15) is 9.90 Å². The van der Waals surface area contributed by atoms with Gasteiger partial charge in [0.1, 0.15) is 0 Å². The van der Waals surface area contributed by atoms with Gasteiger partial charge in [0.05, 0.1) is 29.6 Å². The summed E-state index contributed by atoms with van der Waals surface area (Å²) in [6, 6.07) is 7.30. The zero-order chi connectivity index (χ0) is 14.8. The van der Waals surface area contributed by atoms with Crippen molar-refractivity contribution in [2.75, 3.05) is 0 Å². The van der Waals surface area contributed by atoms with Crippen LogP contribution in [0.1, 0.15) is 29.4 Å². The molecule has 0 aliphatic rings. The van der Waals surface area contributed by atoms with Crippen molar-refractivity contribution in [2.45, 2.75) is 26.4 Å². The molecule has 0 amide bonds. The molecule has 3 aromatic rings. The van der Waals surface area contributed by atoms with Crippen molar-refractivity contribution in [3.05, 3.63) is 54.2 Å². The van der Waals surface area contributed by atoms with Crippen LogP contribution in [0, 0.1) is 0 Å². The molecule has 0 aliphatic heterocycles. The van der Waals surface area contributed by atoms with Crippen LogP contribution in [0.4, 0.5) is 0 Å². The summed E-state index contributed by atoms with van der Waals surface area (Å²) < 4.78 is 4.08. The van der Waals surface area contributed by atoms with Crippen LogP contribution in [0.15, 0.2) is 43.0 Å². The van der Waals surface area contributed by atoms with Crippen molar-refractivity contribution in [3.63, 3.8) is 0 Å². The van der Waals surface area contributed by atoms with Gasteiger partial charge in [0.15, 0.2) is 0 Å². The van der Waals surface area contributed by atoms with Gasteiger partial charge in [-0.2, -0.15) is 0 Å². The molecule has 0 aliphatic carbocycles. The Morgan fingerprint density at radius 2 is 2.14 bits per heavy atom. The van der Waals surface area contributed by atoms with Crippen LogP contribution in [-0.2, 0) is 13.1 Å². The molecule has 21 heavy (non-hydrogen) atoms. The summed E-state index contributed by atoms with van der Waals surface area (Å²) in [6.07, 6.45) is 6.63. The van der Waals surface area contributed by atoms with E-state index in [4.69, 9.17) is 0 Å². The molecule has 0 unspecified atom stereocenters. The van der Waals surface area contributed by atoms with Gasteiger partial charge in [0, 0.05) is 24.3 Å². The summed E-state index contributed by atoms with van der Waals surface area (Å²) in [7, 11) is 0. The molecule has 1 aromatic carbocycles. The topological polar surface area (TPSA) is 60.0 Å². The summed E-state index contributed by atoms with van der Waals surface area (Å²) in [6.45, 7) is 3.66. The minimum Gasteiger partial charge on any atom is -0.478 e.